The number of hydrogen-bond acceptors (Lipinski definition) is 6. The van der Waals surface area contributed by atoms with Gasteiger partial charge in [0.1, 0.15) is 0 Å². The van der Waals surface area contributed by atoms with E-state index >= 15 is 0 Å². The summed E-state index contributed by atoms with van der Waals surface area (Å²) in [5.74, 6) is 1.08. The number of methoxy groups -OCH3 is 3. The standard InChI is InChI=1S/C21H26N2O4/c1-13(11-14-7-9-16(22)17(12-14)23(2)3)19(24)15-8-10-18(25-4)21(27-6)20(15)26-5/h7-12H,22H2,1-6H3. The summed E-state index contributed by atoms with van der Waals surface area (Å²) in [4.78, 5) is 14.9. The van der Waals surface area contributed by atoms with Crippen LogP contribution in [0.3, 0.4) is 0 Å². The molecule has 0 aromatic heterocycles. The highest BCUT2D eigenvalue weighted by atomic mass is 16.5. The van der Waals surface area contributed by atoms with Crippen LogP contribution >= 0.6 is 0 Å². The minimum absolute atomic E-state index is 0.156. The molecule has 144 valence electrons. The van der Waals surface area contributed by atoms with Crippen LogP contribution in [0.1, 0.15) is 22.8 Å². The molecule has 0 atom stereocenters. The van der Waals surface area contributed by atoms with E-state index in [9.17, 15) is 4.79 Å². The van der Waals surface area contributed by atoms with E-state index in [1.807, 2.05) is 43.3 Å². The van der Waals surface area contributed by atoms with Crippen LogP contribution < -0.4 is 24.8 Å². The Bertz CT molecular complexity index is 873. The van der Waals surface area contributed by atoms with E-state index in [2.05, 4.69) is 0 Å². The van der Waals surface area contributed by atoms with Crippen molar-refractivity contribution in [2.75, 3.05) is 46.1 Å². The molecule has 0 spiro atoms. The number of ether oxygens (including phenoxy) is 3. The van der Waals surface area contributed by atoms with E-state index in [1.165, 1.54) is 21.3 Å². The Morgan fingerprint density at radius 1 is 1.00 bits per heavy atom. The van der Waals surface area contributed by atoms with Crippen molar-refractivity contribution < 1.29 is 19.0 Å². The lowest BCUT2D eigenvalue weighted by Gasteiger charge is -2.16. The first kappa shape index (κ1) is 20.2. The quantitative estimate of drug-likeness (QED) is 0.456. The van der Waals surface area contributed by atoms with Crippen molar-refractivity contribution in [3.8, 4) is 17.2 Å². The first-order valence-corrected chi connectivity index (χ1v) is 8.42. The van der Waals surface area contributed by atoms with Crippen LogP contribution in [0.2, 0.25) is 0 Å². The molecule has 0 bridgehead atoms. The third kappa shape index (κ3) is 4.16. The lowest BCUT2D eigenvalue weighted by Crippen LogP contribution is -2.11. The minimum Gasteiger partial charge on any atom is -0.493 e. The van der Waals surface area contributed by atoms with Crippen molar-refractivity contribution in [3.63, 3.8) is 0 Å². The third-order valence-electron chi connectivity index (χ3n) is 4.23. The zero-order valence-electron chi connectivity index (χ0n) is 16.6. The monoisotopic (exact) mass is 370 g/mol. The van der Waals surface area contributed by atoms with Gasteiger partial charge in [-0.2, -0.15) is 0 Å². The van der Waals surface area contributed by atoms with Gasteiger partial charge in [-0.3, -0.25) is 4.79 Å². The molecule has 2 rings (SSSR count). The molecule has 0 unspecified atom stereocenters. The van der Waals surface area contributed by atoms with Crippen LogP contribution in [-0.2, 0) is 0 Å². The number of carbonyl (C=O) groups is 1. The van der Waals surface area contributed by atoms with Crippen molar-refractivity contribution in [1.82, 2.24) is 0 Å². The average molecular weight is 370 g/mol. The Balaban J connectivity index is 2.46. The maximum absolute atomic E-state index is 13.0. The Morgan fingerprint density at radius 3 is 2.22 bits per heavy atom. The second-order valence-electron chi connectivity index (χ2n) is 6.25. The predicted octanol–water partition coefficient (Wildman–Crippen LogP) is 3.65. The number of Topliss-reactive ketones (excluding diaryl/α,β-unsaturated/α-hetero) is 1. The zero-order chi connectivity index (χ0) is 20.1. The summed E-state index contributed by atoms with van der Waals surface area (Å²) >= 11 is 0. The maximum atomic E-state index is 13.0. The summed E-state index contributed by atoms with van der Waals surface area (Å²) in [6, 6.07) is 9.02. The molecule has 2 aromatic rings. The maximum Gasteiger partial charge on any atom is 0.204 e. The van der Waals surface area contributed by atoms with Gasteiger partial charge in [-0.25, -0.2) is 0 Å². The summed E-state index contributed by atoms with van der Waals surface area (Å²) in [5.41, 5.74) is 9.44. The number of anilines is 2. The highest BCUT2D eigenvalue weighted by Crippen LogP contribution is 2.40. The van der Waals surface area contributed by atoms with E-state index < -0.39 is 0 Å². The van der Waals surface area contributed by atoms with Crippen molar-refractivity contribution >= 4 is 23.2 Å². The Hall–Kier alpha value is -3.15. The molecule has 0 heterocycles. The number of rotatable bonds is 7. The van der Waals surface area contributed by atoms with Gasteiger partial charge in [-0.15, -0.1) is 0 Å². The van der Waals surface area contributed by atoms with E-state index in [0.717, 1.165) is 11.3 Å². The fraction of sp³-hybridized carbons (Fsp3) is 0.286. The van der Waals surface area contributed by atoms with Crippen molar-refractivity contribution in [2.45, 2.75) is 6.92 Å². The SMILES string of the molecule is COc1ccc(C(=O)C(C)=Cc2ccc(N)c(N(C)C)c2)c(OC)c1OC. The molecule has 0 fully saturated rings. The number of nitrogen functional groups attached to an aromatic ring is 1. The summed E-state index contributed by atoms with van der Waals surface area (Å²) in [6.07, 6.45) is 1.82. The third-order valence-corrected chi connectivity index (χ3v) is 4.23. The lowest BCUT2D eigenvalue weighted by molar-refractivity contribution is 0.103. The highest BCUT2D eigenvalue weighted by Gasteiger charge is 2.21. The molecule has 0 radical (unpaired) electrons. The molecule has 0 aliphatic carbocycles. The van der Waals surface area contributed by atoms with Crippen LogP contribution in [0.25, 0.3) is 6.08 Å². The summed E-state index contributed by atoms with van der Waals surface area (Å²) in [5, 5.41) is 0. The number of nitrogens with two attached hydrogens (primary N) is 1. The smallest absolute Gasteiger partial charge is 0.204 e. The largest absolute Gasteiger partial charge is 0.493 e. The van der Waals surface area contributed by atoms with Gasteiger partial charge in [0.05, 0.1) is 38.3 Å². The molecule has 0 saturated heterocycles. The molecule has 0 aliphatic heterocycles. The summed E-state index contributed by atoms with van der Waals surface area (Å²) in [6.45, 7) is 1.77. The number of carbonyl (C=O) groups excluding carboxylic acids is 1. The second kappa shape index (κ2) is 8.49. The number of allylic oxidation sites excluding steroid dienone is 1. The van der Waals surface area contributed by atoms with Crippen LogP contribution in [-0.4, -0.2) is 41.2 Å². The topological polar surface area (TPSA) is 74.0 Å². The number of nitrogens with zero attached hydrogens (tertiary/aromatic N) is 1. The van der Waals surface area contributed by atoms with Crippen LogP contribution in [0.15, 0.2) is 35.9 Å². The van der Waals surface area contributed by atoms with Crippen molar-refractivity contribution in [3.05, 3.63) is 47.0 Å². The predicted molar refractivity (Wildman–Crippen MR) is 109 cm³/mol. The Labute approximate surface area is 160 Å². The molecule has 2 N–H and O–H groups in total. The normalized spacial score (nSPS) is 11.1. The Kier molecular flexibility index (Phi) is 6.34. The number of hydrogen-bond donors (Lipinski definition) is 1. The molecule has 0 aliphatic rings. The molecule has 2 aromatic carbocycles. The zero-order valence-corrected chi connectivity index (χ0v) is 16.6. The van der Waals surface area contributed by atoms with Gasteiger partial charge in [0, 0.05) is 14.1 Å². The van der Waals surface area contributed by atoms with Gasteiger partial charge in [0.2, 0.25) is 5.75 Å². The van der Waals surface area contributed by atoms with E-state index in [0.29, 0.717) is 34.1 Å². The fourth-order valence-electron chi connectivity index (χ4n) is 2.85. The molecule has 0 amide bonds. The number of benzene rings is 2. The Morgan fingerprint density at radius 2 is 1.67 bits per heavy atom. The van der Waals surface area contributed by atoms with E-state index in [4.69, 9.17) is 19.9 Å². The molecule has 27 heavy (non-hydrogen) atoms. The molecule has 6 heteroatoms. The van der Waals surface area contributed by atoms with Gasteiger partial charge in [-0.05, 0) is 48.4 Å². The van der Waals surface area contributed by atoms with E-state index in [-0.39, 0.29) is 5.78 Å². The minimum atomic E-state index is -0.156. The molecule has 6 nitrogen and oxygen atoms in total. The molecular weight excluding hydrogens is 344 g/mol. The first-order valence-electron chi connectivity index (χ1n) is 8.42. The van der Waals surface area contributed by atoms with Gasteiger partial charge in [0.25, 0.3) is 0 Å². The summed E-state index contributed by atoms with van der Waals surface area (Å²) < 4.78 is 16.1. The van der Waals surface area contributed by atoms with Gasteiger partial charge >= 0.3 is 0 Å². The van der Waals surface area contributed by atoms with Crippen molar-refractivity contribution in [2.24, 2.45) is 0 Å². The number of ketones is 1. The van der Waals surface area contributed by atoms with Crippen LogP contribution in [0.5, 0.6) is 17.2 Å². The van der Waals surface area contributed by atoms with Gasteiger partial charge in [0.15, 0.2) is 17.3 Å². The van der Waals surface area contributed by atoms with E-state index in [1.54, 1.807) is 19.1 Å². The van der Waals surface area contributed by atoms with Crippen LogP contribution in [0, 0.1) is 0 Å². The lowest BCUT2D eigenvalue weighted by atomic mass is 10.00. The average Bonchev–Trinajstić information content (AvgIpc) is 2.67. The molecular formula is C21H26N2O4. The molecule has 0 saturated carbocycles. The van der Waals surface area contributed by atoms with Crippen molar-refractivity contribution in [1.29, 1.82) is 0 Å². The summed E-state index contributed by atoms with van der Waals surface area (Å²) in [7, 11) is 8.38. The van der Waals surface area contributed by atoms with Gasteiger partial charge in [-0.1, -0.05) is 6.07 Å². The van der Waals surface area contributed by atoms with Crippen LogP contribution in [0.4, 0.5) is 11.4 Å². The van der Waals surface area contributed by atoms with Gasteiger partial charge < -0.3 is 24.8 Å². The second-order valence-corrected chi connectivity index (χ2v) is 6.25. The highest BCUT2D eigenvalue weighted by molar-refractivity contribution is 6.13. The fourth-order valence-corrected chi connectivity index (χ4v) is 2.85. The first-order chi connectivity index (χ1) is 12.8.